The second-order valence-electron chi connectivity index (χ2n) is 27.7. The van der Waals surface area contributed by atoms with E-state index in [0.717, 1.165) is 48.2 Å². The van der Waals surface area contributed by atoms with E-state index in [0.29, 0.717) is 37.7 Å². The van der Waals surface area contributed by atoms with Crippen LogP contribution in [0.5, 0.6) is 0 Å². The highest BCUT2D eigenvalue weighted by atomic mass is 16.8. The van der Waals surface area contributed by atoms with Crippen LogP contribution >= 0.6 is 0 Å². The lowest BCUT2D eigenvalue weighted by molar-refractivity contribution is -0.292. The Balaban J connectivity index is 0.632. The van der Waals surface area contributed by atoms with Crippen LogP contribution in [-0.4, -0.2) is 231 Å². The summed E-state index contributed by atoms with van der Waals surface area (Å²) in [6, 6.07) is 2.43. The van der Waals surface area contributed by atoms with Gasteiger partial charge in [0, 0.05) is 82.4 Å². The standard InChI is InChI=1S/C69H95N7O22/c1-35-25-44-11-13-49-36(2)26-46(91-49)17-19-69-32-54-61(97-69)62-63(96-54)64(98-69)60-50(95-62)14-12-45(93-60)27-42(77)28-47-52(31-51(92-44)37(35)3)94-53(59(47)87-6)29-43(78)33-71-68(86)90-34-40-7-9-41(10-8-40)74-67(85)48(30-55(70)79)75-66(84)39(5)73-65(83)38(4)72-56(80)18-21-88-23-24-89-22-20-76-57(81)15-16-58(76)82/h7-10,15-16,35,38-39,43-54,59-64,78H,2-3,11-14,17-34H2,1,4-6H3,(H2,70,79)(H,71,86)(H,72,80)(H,73,83)(H,74,85)(H,75,84)/t35-,38+,39+,43+,44+,45?,46+,47+,48+,49?,50+,51?,52+,53?,54?,59-,60+,61-,62?,63-,64+,69+/m1/s1. The molecule has 1 aromatic carbocycles. The molecule has 11 aliphatic heterocycles. The number of aliphatic hydroxyl groups is 1. The van der Waals surface area contributed by atoms with Crippen molar-refractivity contribution in [1.82, 2.24) is 26.2 Å². The molecular weight excluding hydrogens is 1280 g/mol. The van der Waals surface area contributed by atoms with E-state index in [1.165, 1.54) is 38.1 Å². The topological polar surface area (TPSA) is 374 Å². The molecule has 12 rings (SSSR count). The quantitative estimate of drug-likeness (QED) is 0.0418. The Labute approximate surface area is 569 Å². The fourth-order valence-electron chi connectivity index (χ4n) is 15.4. The van der Waals surface area contributed by atoms with Crippen molar-refractivity contribution in [2.45, 2.75) is 245 Å². The number of alkyl carbamates (subject to hydrolysis) is 1. The summed E-state index contributed by atoms with van der Waals surface area (Å²) in [6.07, 6.45) is 1.88. The fraction of sp³-hybridized carbons (Fsp3) is 0.696. The molecule has 98 heavy (non-hydrogen) atoms. The van der Waals surface area contributed by atoms with Crippen molar-refractivity contribution in [3.8, 4) is 0 Å². The minimum atomic E-state index is -1.45. The smallest absolute Gasteiger partial charge is 0.407 e. The maximum Gasteiger partial charge on any atom is 0.407 e. The van der Waals surface area contributed by atoms with E-state index in [1.807, 2.05) is 0 Å². The van der Waals surface area contributed by atoms with Gasteiger partial charge in [-0.1, -0.05) is 32.2 Å². The molecule has 10 saturated heterocycles. The maximum atomic E-state index is 14.5. The number of benzene rings is 1. The van der Waals surface area contributed by atoms with Crippen molar-refractivity contribution in [3.05, 3.63) is 66.3 Å². The van der Waals surface area contributed by atoms with Gasteiger partial charge in [-0.2, -0.15) is 0 Å². The molecule has 29 heteroatoms. The lowest BCUT2D eigenvalue weighted by Crippen LogP contribution is -2.61. The van der Waals surface area contributed by atoms with Crippen LogP contribution in [0.25, 0.3) is 0 Å². The molecule has 0 radical (unpaired) electrons. The predicted molar refractivity (Wildman–Crippen MR) is 344 cm³/mol. The minimum Gasteiger partial charge on any atom is -0.445 e. The summed E-state index contributed by atoms with van der Waals surface area (Å²) in [4.78, 5) is 116. The number of carbonyl (C=O) groups is 9. The summed E-state index contributed by atoms with van der Waals surface area (Å²) in [6.45, 7) is 14.0. The van der Waals surface area contributed by atoms with Crippen molar-refractivity contribution < 1.29 is 105 Å². The third-order valence-electron chi connectivity index (χ3n) is 20.5. The minimum absolute atomic E-state index is 0.00501. The van der Waals surface area contributed by atoms with E-state index in [2.05, 4.69) is 46.7 Å². The van der Waals surface area contributed by atoms with Crippen LogP contribution in [0.15, 0.2) is 60.7 Å². The van der Waals surface area contributed by atoms with Gasteiger partial charge in [0.15, 0.2) is 5.79 Å². The van der Waals surface area contributed by atoms with Crippen LogP contribution in [0.3, 0.4) is 0 Å². The second-order valence-corrected chi connectivity index (χ2v) is 27.7. The van der Waals surface area contributed by atoms with Crippen LogP contribution in [0, 0.1) is 11.8 Å². The van der Waals surface area contributed by atoms with Gasteiger partial charge in [0.05, 0.1) is 107 Å². The van der Waals surface area contributed by atoms with Crippen LogP contribution in [0.2, 0.25) is 0 Å². The van der Waals surface area contributed by atoms with Crippen LogP contribution in [0.4, 0.5) is 10.5 Å². The Kier molecular flexibility index (Phi) is 24.0. The Hall–Kier alpha value is -6.61. The Bertz CT molecular complexity index is 3140. The third-order valence-corrected chi connectivity index (χ3v) is 20.5. The van der Waals surface area contributed by atoms with Gasteiger partial charge in [0.1, 0.15) is 61.0 Å². The van der Waals surface area contributed by atoms with Crippen molar-refractivity contribution in [2.75, 3.05) is 51.9 Å². The van der Waals surface area contributed by atoms with Gasteiger partial charge in [-0.3, -0.25) is 43.3 Å². The highest BCUT2D eigenvalue weighted by Crippen LogP contribution is 2.54. The van der Waals surface area contributed by atoms with Gasteiger partial charge in [0.25, 0.3) is 11.8 Å². The summed E-state index contributed by atoms with van der Waals surface area (Å²) in [5.41, 5.74) is 8.24. The van der Waals surface area contributed by atoms with E-state index >= 15 is 0 Å². The molecule has 0 saturated carbocycles. The van der Waals surface area contributed by atoms with Gasteiger partial charge >= 0.3 is 6.09 Å². The Morgan fingerprint density at radius 3 is 2.15 bits per heavy atom. The van der Waals surface area contributed by atoms with Crippen LogP contribution < -0.4 is 32.3 Å². The molecule has 1 aromatic rings. The molecule has 11 heterocycles. The van der Waals surface area contributed by atoms with Crippen molar-refractivity contribution >= 4 is 58.9 Å². The number of aliphatic hydroxyl groups excluding tert-OH is 1. The molecule has 22 atom stereocenters. The average molecular weight is 1370 g/mol. The van der Waals surface area contributed by atoms with Crippen molar-refractivity contribution in [3.63, 3.8) is 0 Å². The zero-order chi connectivity index (χ0) is 69.5. The molecule has 0 aliphatic carbocycles. The van der Waals surface area contributed by atoms with Crippen molar-refractivity contribution in [1.29, 1.82) is 0 Å². The third kappa shape index (κ3) is 17.7. The number of methoxy groups -OCH3 is 1. The lowest BCUT2D eigenvalue weighted by atomic mass is 9.81. The molecule has 1 spiro atoms. The number of anilines is 1. The number of ether oxygens (including phenoxy) is 12. The van der Waals surface area contributed by atoms with Gasteiger partial charge < -0.3 is 94.3 Å². The normalized spacial score (nSPS) is 34.6. The largest absolute Gasteiger partial charge is 0.445 e. The molecule has 538 valence electrons. The molecule has 12 bridgehead atoms. The number of fused-ring (bicyclic) bond motifs is 6. The number of primary amides is 1. The van der Waals surface area contributed by atoms with Gasteiger partial charge in [-0.25, -0.2) is 4.79 Å². The monoisotopic (exact) mass is 1370 g/mol. The summed E-state index contributed by atoms with van der Waals surface area (Å²) >= 11 is 0. The van der Waals surface area contributed by atoms with Gasteiger partial charge in [-0.05, 0) is 93.6 Å². The number of imide groups is 1. The highest BCUT2D eigenvalue weighted by Gasteiger charge is 2.69. The summed E-state index contributed by atoms with van der Waals surface area (Å²) in [5.74, 6) is -5.73. The number of nitrogens with two attached hydrogens (primary N) is 1. The SMILES string of the molecule is C=C1C[C@@H]2CC[C@@]34CC5O[C@@H]6C(O[C@H]7CCC(CC(=O)C[C@H]8[C@H](CC9O[C@@H](CCC1O2)C[C@@H](C)C9=C)OC(C[C@H](O)CNC(=O)OCc1ccc(NC(=O)[C@H](CC(N)=O)NC(=O)[C@H](C)NC(=O)[C@H](C)NC(=O)CCOCCOCCN2C(=O)C=CC2=O)cc1)[C@@H]8OC)O[C@@H]7[C@@H]6O3)[C@@H]5O4. The lowest BCUT2D eigenvalue weighted by Gasteiger charge is -2.47. The van der Waals surface area contributed by atoms with E-state index in [1.54, 1.807) is 19.2 Å². The summed E-state index contributed by atoms with van der Waals surface area (Å²) < 4.78 is 76.9. The number of Topliss-reactive ketones (excluding diaryl/α,β-unsaturated/α-hetero) is 1. The molecule has 8 N–H and O–H groups in total. The number of rotatable bonds is 25. The zero-order valence-corrected chi connectivity index (χ0v) is 56.1. The van der Waals surface area contributed by atoms with Crippen molar-refractivity contribution in [2.24, 2.45) is 17.6 Å². The summed E-state index contributed by atoms with van der Waals surface area (Å²) in [5, 5.41) is 24.2. The number of nitrogens with one attached hydrogen (secondary N) is 5. The number of nitrogens with zero attached hydrogens (tertiary/aromatic N) is 1. The van der Waals surface area contributed by atoms with Crippen LogP contribution in [-0.2, 0) is 102 Å². The second kappa shape index (κ2) is 32.4. The molecule has 11 aliphatic rings. The van der Waals surface area contributed by atoms with Gasteiger partial charge in [0.2, 0.25) is 29.5 Å². The van der Waals surface area contributed by atoms with Gasteiger partial charge in [-0.15, -0.1) is 0 Å². The van der Waals surface area contributed by atoms with Crippen LogP contribution in [0.1, 0.15) is 123 Å². The number of ketones is 1. The van der Waals surface area contributed by atoms with E-state index in [9.17, 15) is 48.3 Å². The van der Waals surface area contributed by atoms with E-state index in [4.69, 9.17) is 62.6 Å². The number of hydrogen-bond acceptors (Lipinski definition) is 22. The summed E-state index contributed by atoms with van der Waals surface area (Å²) in [7, 11) is 1.57. The first-order valence-electron chi connectivity index (χ1n) is 34.5. The number of carbonyl (C=O) groups excluding carboxylic acids is 9. The molecule has 10 fully saturated rings. The molecule has 0 aromatic heterocycles. The molecule has 8 amide bonds. The Morgan fingerprint density at radius 1 is 0.714 bits per heavy atom. The first-order valence-corrected chi connectivity index (χ1v) is 34.5. The first kappa shape index (κ1) is 72.6. The predicted octanol–water partition coefficient (Wildman–Crippen LogP) is 2.06. The molecule has 6 unspecified atom stereocenters. The molecular formula is C69H95N7O22. The highest BCUT2D eigenvalue weighted by molar-refractivity contribution is 6.12. The fourth-order valence-corrected chi connectivity index (χ4v) is 15.4. The van der Waals surface area contributed by atoms with E-state index in [-0.39, 0.29) is 144 Å². The first-order chi connectivity index (χ1) is 47.0. The maximum absolute atomic E-state index is 14.5. The Morgan fingerprint density at radius 2 is 1.40 bits per heavy atom. The average Bonchev–Trinajstić information content (AvgIpc) is 1.55. The number of hydrogen-bond donors (Lipinski definition) is 7. The number of amides is 8. The molecule has 29 nitrogen and oxygen atoms in total. The van der Waals surface area contributed by atoms with E-state index < -0.39 is 126 Å². The zero-order valence-electron chi connectivity index (χ0n) is 56.1.